The molecule has 0 spiro atoms. The van der Waals surface area contributed by atoms with Crippen LogP contribution in [0.1, 0.15) is 24.8 Å². The summed E-state index contributed by atoms with van der Waals surface area (Å²) in [7, 11) is 2.17. The summed E-state index contributed by atoms with van der Waals surface area (Å²) in [6.45, 7) is 1.19. The molecule has 1 aromatic rings. The molecule has 1 heterocycles. The van der Waals surface area contributed by atoms with Crippen LogP contribution in [0.5, 0.6) is 0 Å². The minimum absolute atomic E-state index is 0.457. The average Bonchev–Trinajstić information content (AvgIpc) is 2.29. The minimum Gasteiger partial charge on any atom is -0.293 e. The second kappa shape index (κ2) is 5.00. The molecule has 0 saturated carbocycles. The summed E-state index contributed by atoms with van der Waals surface area (Å²) < 4.78 is 0. The molecule has 0 N–H and O–H groups in total. The quantitative estimate of drug-likeness (QED) is 0.580. The Balaban J connectivity index is 2.04. The third-order valence-corrected chi connectivity index (χ3v) is 2.93. The average molecular weight is 199 g/mol. The summed E-state index contributed by atoms with van der Waals surface area (Å²) in [5.41, 5.74) is 1.12. The van der Waals surface area contributed by atoms with Crippen molar-refractivity contribution in [2.24, 2.45) is 0 Å². The topological polar surface area (TPSA) is 3.24 Å². The molecule has 0 radical (unpaired) electrons. The van der Waals surface area contributed by atoms with Crippen molar-refractivity contribution in [2.45, 2.75) is 25.3 Å². The first kappa shape index (κ1) is 10.3. The SMILES string of the molecule is CN1CCCC[C@@H]1C#Cc1ccccc1. The maximum atomic E-state index is 3.36. The largest absolute Gasteiger partial charge is 0.293 e. The summed E-state index contributed by atoms with van der Waals surface area (Å²) in [4.78, 5) is 2.36. The van der Waals surface area contributed by atoms with Crippen LogP contribution in [0.4, 0.5) is 0 Å². The van der Waals surface area contributed by atoms with Gasteiger partial charge in [-0.15, -0.1) is 0 Å². The molecule has 0 aliphatic carbocycles. The van der Waals surface area contributed by atoms with Crippen molar-refractivity contribution < 1.29 is 0 Å². The van der Waals surface area contributed by atoms with Crippen LogP contribution in [0.2, 0.25) is 0 Å². The van der Waals surface area contributed by atoms with Gasteiger partial charge in [-0.2, -0.15) is 0 Å². The fraction of sp³-hybridized carbons (Fsp3) is 0.429. The second-order valence-electron chi connectivity index (χ2n) is 4.13. The van der Waals surface area contributed by atoms with Crippen molar-refractivity contribution >= 4 is 0 Å². The predicted octanol–water partition coefficient (Wildman–Crippen LogP) is 2.52. The Morgan fingerprint density at radius 2 is 2.00 bits per heavy atom. The highest BCUT2D eigenvalue weighted by Gasteiger charge is 2.15. The third-order valence-electron chi connectivity index (χ3n) is 2.93. The minimum atomic E-state index is 0.457. The molecular formula is C14H17N. The fourth-order valence-electron chi connectivity index (χ4n) is 1.95. The zero-order chi connectivity index (χ0) is 10.5. The molecule has 2 rings (SSSR count). The van der Waals surface area contributed by atoms with Gasteiger partial charge in [0.25, 0.3) is 0 Å². The normalized spacial score (nSPS) is 21.8. The van der Waals surface area contributed by atoms with Crippen molar-refractivity contribution in [2.75, 3.05) is 13.6 Å². The van der Waals surface area contributed by atoms with Gasteiger partial charge in [0.05, 0.1) is 6.04 Å². The Bertz CT molecular complexity index is 358. The standard InChI is InChI=1S/C14H17N/c1-15-12-6-5-9-14(15)11-10-13-7-3-2-4-8-13/h2-4,7-8,14H,5-6,9,12H2,1H3/t14-/m1/s1. The van der Waals surface area contributed by atoms with Crippen LogP contribution in [0.25, 0.3) is 0 Å². The van der Waals surface area contributed by atoms with E-state index < -0.39 is 0 Å². The first-order valence-electron chi connectivity index (χ1n) is 5.63. The number of hydrogen-bond donors (Lipinski definition) is 0. The molecule has 1 saturated heterocycles. The summed E-state index contributed by atoms with van der Waals surface area (Å²) in [6, 6.07) is 10.7. The molecule has 0 unspecified atom stereocenters. The van der Waals surface area contributed by atoms with Gasteiger partial charge in [-0.25, -0.2) is 0 Å². The van der Waals surface area contributed by atoms with Gasteiger partial charge in [0, 0.05) is 5.56 Å². The zero-order valence-electron chi connectivity index (χ0n) is 9.24. The highest BCUT2D eigenvalue weighted by Crippen LogP contribution is 2.14. The van der Waals surface area contributed by atoms with Crippen LogP contribution >= 0.6 is 0 Å². The molecule has 1 aliphatic heterocycles. The fourth-order valence-corrected chi connectivity index (χ4v) is 1.95. The van der Waals surface area contributed by atoms with E-state index >= 15 is 0 Å². The third kappa shape index (κ3) is 2.84. The summed E-state index contributed by atoms with van der Waals surface area (Å²) in [5.74, 6) is 6.62. The monoisotopic (exact) mass is 199 g/mol. The van der Waals surface area contributed by atoms with Crippen molar-refractivity contribution in [1.82, 2.24) is 4.90 Å². The van der Waals surface area contributed by atoms with E-state index in [1.165, 1.54) is 25.8 Å². The summed E-state index contributed by atoms with van der Waals surface area (Å²) in [6.07, 6.45) is 3.86. The van der Waals surface area contributed by atoms with E-state index in [2.05, 4.69) is 35.9 Å². The lowest BCUT2D eigenvalue weighted by molar-refractivity contribution is 0.229. The van der Waals surface area contributed by atoms with E-state index in [9.17, 15) is 0 Å². The van der Waals surface area contributed by atoms with Crippen LogP contribution in [0.15, 0.2) is 30.3 Å². The van der Waals surface area contributed by atoms with Gasteiger partial charge in [0.1, 0.15) is 0 Å². The number of benzene rings is 1. The van der Waals surface area contributed by atoms with E-state index in [1.54, 1.807) is 0 Å². The Morgan fingerprint density at radius 3 is 2.73 bits per heavy atom. The molecule has 1 atom stereocenters. The lowest BCUT2D eigenvalue weighted by Crippen LogP contribution is -2.34. The molecular weight excluding hydrogens is 182 g/mol. The molecule has 15 heavy (non-hydrogen) atoms. The molecule has 0 aromatic heterocycles. The lowest BCUT2D eigenvalue weighted by atomic mass is 10.0. The summed E-state index contributed by atoms with van der Waals surface area (Å²) in [5, 5.41) is 0. The molecule has 1 aromatic carbocycles. The Morgan fingerprint density at radius 1 is 1.20 bits per heavy atom. The van der Waals surface area contributed by atoms with Crippen LogP contribution in [0.3, 0.4) is 0 Å². The predicted molar refractivity (Wildman–Crippen MR) is 63.6 cm³/mol. The molecule has 1 heteroatoms. The van der Waals surface area contributed by atoms with Gasteiger partial charge in [0.15, 0.2) is 0 Å². The van der Waals surface area contributed by atoms with Gasteiger partial charge >= 0.3 is 0 Å². The Labute approximate surface area is 92.1 Å². The molecule has 78 valence electrons. The van der Waals surface area contributed by atoms with Crippen molar-refractivity contribution in [3.05, 3.63) is 35.9 Å². The van der Waals surface area contributed by atoms with Crippen LogP contribution in [-0.4, -0.2) is 24.5 Å². The Kier molecular flexibility index (Phi) is 3.42. The zero-order valence-corrected chi connectivity index (χ0v) is 9.24. The summed E-state index contributed by atoms with van der Waals surface area (Å²) >= 11 is 0. The van der Waals surface area contributed by atoms with Crippen LogP contribution in [-0.2, 0) is 0 Å². The lowest BCUT2D eigenvalue weighted by Gasteiger charge is -2.28. The van der Waals surface area contributed by atoms with Crippen molar-refractivity contribution in [1.29, 1.82) is 0 Å². The molecule has 0 bridgehead atoms. The smallest absolute Gasteiger partial charge is 0.0715 e. The molecule has 1 nitrogen and oxygen atoms in total. The number of likely N-dealkylation sites (tertiary alicyclic amines) is 1. The van der Waals surface area contributed by atoms with Gasteiger partial charge in [-0.05, 0) is 45.0 Å². The number of rotatable bonds is 0. The molecule has 1 fully saturated rings. The van der Waals surface area contributed by atoms with Gasteiger partial charge in [-0.1, -0.05) is 30.0 Å². The first-order chi connectivity index (χ1) is 7.36. The number of nitrogens with zero attached hydrogens (tertiary/aromatic N) is 1. The van der Waals surface area contributed by atoms with Gasteiger partial charge < -0.3 is 0 Å². The molecule has 0 amide bonds. The maximum absolute atomic E-state index is 3.36. The van der Waals surface area contributed by atoms with E-state index in [4.69, 9.17) is 0 Å². The first-order valence-corrected chi connectivity index (χ1v) is 5.63. The number of piperidine rings is 1. The van der Waals surface area contributed by atoms with Crippen molar-refractivity contribution in [3.63, 3.8) is 0 Å². The number of hydrogen-bond acceptors (Lipinski definition) is 1. The van der Waals surface area contributed by atoms with E-state index in [1.807, 2.05) is 18.2 Å². The van der Waals surface area contributed by atoms with Gasteiger partial charge in [0.2, 0.25) is 0 Å². The highest BCUT2D eigenvalue weighted by molar-refractivity contribution is 5.34. The van der Waals surface area contributed by atoms with Crippen LogP contribution in [0, 0.1) is 11.8 Å². The van der Waals surface area contributed by atoms with E-state index in [0.717, 1.165) is 5.56 Å². The maximum Gasteiger partial charge on any atom is 0.0715 e. The van der Waals surface area contributed by atoms with Crippen molar-refractivity contribution in [3.8, 4) is 11.8 Å². The molecule has 1 aliphatic rings. The Hall–Kier alpha value is -1.26. The second-order valence-corrected chi connectivity index (χ2v) is 4.13. The van der Waals surface area contributed by atoms with E-state index in [0.29, 0.717) is 6.04 Å². The van der Waals surface area contributed by atoms with Crippen LogP contribution < -0.4 is 0 Å². The van der Waals surface area contributed by atoms with Gasteiger partial charge in [-0.3, -0.25) is 4.90 Å². The highest BCUT2D eigenvalue weighted by atomic mass is 15.1. The van der Waals surface area contributed by atoms with E-state index in [-0.39, 0.29) is 0 Å².